The first-order valence-corrected chi connectivity index (χ1v) is 4.71. The summed E-state index contributed by atoms with van der Waals surface area (Å²) in [5.74, 6) is 0. The summed E-state index contributed by atoms with van der Waals surface area (Å²) in [5.41, 5.74) is 0. The molecule has 1 unspecified atom stereocenters. The molecule has 0 spiro atoms. The van der Waals surface area contributed by atoms with E-state index in [1.807, 2.05) is 6.92 Å². The van der Waals surface area contributed by atoms with Crippen molar-refractivity contribution in [3.05, 3.63) is 0 Å². The summed E-state index contributed by atoms with van der Waals surface area (Å²) < 4.78 is 10.8. The molecule has 12 heavy (non-hydrogen) atoms. The van der Waals surface area contributed by atoms with Crippen LogP contribution in [0.3, 0.4) is 0 Å². The van der Waals surface area contributed by atoms with Crippen molar-refractivity contribution in [1.82, 2.24) is 4.90 Å². The van der Waals surface area contributed by atoms with Crippen molar-refractivity contribution in [3.63, 3.8) is 0 Å². The summed E-state index contributed by atoms with van der Waals surface area (Å²) >= 11 is 0. The highest BCUT2D eigenvalue weighted by Gasteiger charge is 2.21. The zero-order valence-electron chi connectivity index (χ0n) is 8.25. The molecule has 1 atom stereocenters. The van der Waals surface area contributed by atoms with Crippen molar-refractivity contribution in [3.8, 4) is 0 Å². The maximum absolute atomic E-state index is 5.43. The highest BCUT2D eigenvalue weighted by molar-refractivity contribution is 4.68. The van der Waals surface area contributed by atoms with Crippen molar-refractivity contribution < 1.29 is 9.47 Å². The first kappa shape index (κ1) is 9.96. The van der Waals surface area contributed by atoms with Gasteiger partial charge in [-0.15, -0.1) is 0 Å². The van der Waals surface area contributed by atoms with Crippen LogP contribution >= 0.6 is 0 Å². The lowest BCUT2D eigenvalue weighted by atomic mass is 10.3. The van der Waals surface area contributed by atoms with Crippen molar-refractivity contribution in [1.29, 1.82) is 0 Å². The quantitative estimate of drug-likeness (QED) is 0.637. The average molecular weight is 173 g/mol. The van der Waals surface area contributed by atoms with E-state index in [4.69, 9.17) is 9.47 Å². The number of rotatable bonds is 3. The van der Waals surface area contributed by atoms with Crippen molar-refractivity contribution in [2.24, 2.45) is 0 Å². The molecule has 0 amide bonds. The molecule has 3 heteroatoms. The Morgan fingerprint density at radius 3 is 2.92 bits per heavy atom. The predicted octanol–water partition coefficient (Wildman–Crippen LogP) is 1.09. The average Bonchev–Trinajstić information content (AvgIpc) is 2.05. The lowest BCUT2D eigenvalue weighted by molar-refractivity contribution is -0.180. The third-order valence-electron chi connectivity index (χ3n) is 2.15. The van der Waals surface area contributed by atoms with Crippen LogP contribution in [-0.2, 0) is 9.47 Å². The Morgan fingerprint density at radius 1 is 1.58 bits per heavy atom. The molecule has 1 aliphatic rings. The van der Waals surface area contributed by atoms with Gasteiger partial charge < -0.3 is 9.47 Å². The van der Waals surface area contributed by atoms with Gasteiger partial charge >= 0.3 is 0 Å². The van der Waals surface area contributed by atoms with Gasteiger partial charge in [0.15, 0.2) is 6.29 Å². The Balaban J connectivity index is 2.30. The highest BCUT2D eigenvalue weighted by atomic mass is 16.7. The van der Waals surface area contributed by atoms with Crippen LogP contribution in [0, 0.1) is 0 Å². The molecule has 0 aromatic carbocycles. The molecule has 0 N–H and O–H groups in total. The number of hydrogen-bond acceptors (Lipinski definition) is 3. The second-order valence-corrected chi connectivity index (χ2v) is 3.34. The normalized spacial score (nSPS) is 26.5. The second-order valence-electron chi connectivity index (χ2n) is 3.34. The van der Waals surface area contributed by atoms with Crippen LogP contribution in [0.4, 0.5) is 0 Å². The maximum Gasteiger partial charge on any atom is 0.170 e. The van der Waals surface area contributed by atoms with Crippen LogP contribution in [0.2, 0.25) is 0 Å². The molecule has 0 aromatic rings. The van der Waals surface area contributed by atoms with Gasteiger partial charge in [-0.2, -0.15) is 0 Å². The fourth-order valence-electron chi connectivity index (χ4n) is 1.39. The van der Waals surface area contributed by atoms with E-state index in [0.717, 1.165) is 26.3 Å². The van der Waals surface area contributed by atoms with Gasteiger partial charge in [0.25, 0.3) is 0 Å². The van der Waals surface area contributed by atoms with Crippen molar-refractivity contribution in [2.75, 3.05) is 26.3 Å². The van der Waals surface area contributed by atoms with E-state index < -0.39 is 0 Å². The first-order chi connectivity index (χ1) is 5.74. The van der Waals surface area contributed by atoms with Crippen LogP contribution < -0.4 is 0 Å². The van der Waals surface area contributed by atoms with Gasteiger partial charge in [0.2, 0.25) is 0 Å². The molecular formula is C9H19NO2. The van der Waals surface area contributed by atoms with Crippen LogP contribution in [-0.4, -0.2) is 43.5 Å². The van der Waals surface area contributed by atoms with E-state index in [-0.39, 0.29) is 6.29 Å². The third kappa shape index (κ3) is 2.73. The summed E-state index contributed by atoms with van der Waals surface area (Å²) in [7, 11) is 0. The van der Waals surface area contributed by atoms with E-state index in [9.17, 15) is 0 Å². The van der Waals surface area contributed by atoms with Crippen LogP contribution in [0.5, 0.6) is 0 Å². The molecule has 1 fully saturated rings. The number of morpholine rings is 1. The zero-order valence-corrected chi connectivity index (χ0v) is 8.25. The van der Waals surface area contributed by atoms with E-state index in [1.165, 1.54) is 0 Å². The molecule has 0 bridgehead atoms. The third-order valence-corrected chi connectivity index (χ3v) is 2.15. The van der Waals surface area contributed by atoms with E-state index in [1.54, 1.807) is 0 Å². The maximum atomic E-state index is 5.43. The highest BCUT2D eigenvalue weighted by Crippen LogP contribution is 2.09. The number of ether oxygens (including phenoxy) is 2. The number of nitrogens with zero attached hydrogens (tertiary/aromatic N) is 1. The summed E-state index contributed by atoms with van der Waals surface area (Å²) in [6, 6.07) is 0.594. The fraction of sp³-hybridized carbons (Fsp3) is 1.00. The molecule has 72 valence electrons. The minimum Gasteiger partial charge on any atom is -0.352 e. The van der Waals surface area contributed by atoms with Crippen molar-refractivity contribution in [2.45, 2.75) is 33.1 Å². The molecule has 1 heterocycles. The Labute approximate surface area is 74.6 Å². The van der Waals surface area contributed by atoms with Crippen molar-refractivity contribution >= 4 is 0 Å². The molecule has 0 radical (unpaired) electrons. The lowest BCUT2D eigenvalue weighted by Gasteiger charge is -2.34. The van der Waals surface area contributed by atoms with Gasteiger partial charge in [-0.25, -0.2) is 0 Å². The minimum absolute atomic E-state index is 0.00819. The largest absolute Gasteiger partial charge is 0.352 e. The first-order valence-electron chi connectivity index (χ1n) is 4.71. The monoisotopic (exact) mass is 173 g/mol. The molecule has 3 nitrogen and oxygen atoms in total. The summed E-state index contributed by atoms with van der Waals surface area (Å²) in [5, 5.41) is 0. The van der Waals surface area contributed by atoms with Gasteiger partial charge in [-0.3, -0.25) is 4.90 Å². The van der Waals surface area contributed by atoms with Crippen LogP contribution in [0.15, 0.2) is 0 Å². The standard InChI is InChI=1S/C9H19NO2/c1-4-11-9-7-10(8(2)3)5-6-12-9/h8-9H,4-7H2,1-3H3. The smallest absolute Gasteiger partial charge is 0.170 e. The molecule has 0 aromatic heterocycles. The molecule has 0 aliphatic carbocycles. The lowest BCUT2D eigenvalue weighted by Crippen LogP contribution is -2.46. The summed E-state index contributed by atoms with van der Waals surface area (Å²) in [6.07, 6.45) is -0.00819. The number of hydrogen-bond donors (Lipinski definition) is 0. The zero-order chi connectivity index (χ0) is 8.97. The van der Waals surface area contributed by atoms with Crippen LogP contribution in [0.25, 0.3) is 0 Å². The van der Waals surface area contributed by atoms with E-state index >= 15 is 0 Å². The molecule has 1 saturated heterocycles. The van der Waals surface area contributed by atoms with Crippen LogP contribution in [0.1, 0.15) is 20.8 Å². The minimum atomic E-state index is -0.00819. The van der Waals surface area contributed by atoms with E-state index in [0.29, 0.717) is 6.04 Å². The topological polar surface area (TPSA) is 21.7 Å². The van der Waals surface area contributed by atoms with Gasteiger partial charge in [-0.1, -0.05) is 0 Å². The molecular weight excluding hydrogens is 154 g/mol. The van der Waals surface area contributed by atoms with Gasteiger partial charge in [0.05, 0.1) is 6.61 Å². The molecule has 0 saturated carbocycles. The van der Waals surface area contributed by atoms with Gasteiger partial charge in [-0.05, 0) is 20.8 Å². The van der Waals surface area contributed by atoms with Gasteiger partial charge in [0.1, 0.15) is 0 Å². The second kappa shape index (κ2) is 4.80. The van der Waals surface area contributed by atoms with E-state index in [2.05, 4.69) is 18.7 Å². The molecule has 1 aliphatic heterocycles. The molecule has 1 rings (SSSR count). The Hall–Kier alpha value is -0.120. The predicted molar refractivity (Wildman–Crippen MR) is 48.1 cm³/mol. The Kier molecular flexibility index (Phi) is 3.98. The van der Waals surface area contributed by atoms with Gasteiger partial charge in [0, 0.05) is 25.7 Å². The fourth-order valence-corrected chi connectivity index (χ4v) is 1.39. The Bertz CT molecular complexity index is 126. The summed E-state index contributed by atoms with van der Waals surface area (Å²) in [6.45, 7) is 9.87. The SMILES string of the molecule is CCOC1CN(C(C)C)CCO1. The summed E-state index contributed by atoms with van der Waals surface area (Å²) in [4.78, 5) is 2.38. The Morgan fingerprint density at radius 2 is 2.33 bits per heavy atom.